The highest BCUT2D eigenvalue weighted by Gasteiger charge is 2.16. The van der Waals surface area contributed by atoms with Gasteiger partial charge in [-0.3, -0.25) is 0 Å². The topological polar surface area (TPSA) is 49.8 Å². The molecular formula is C15H16N2O. The lowest BCUT2D eigenvalue weighted by molar-refractivity contribution is 0.423. The lowest BCUT2D eigenvalue weighted by Gasteiger charge is -2.01. The number of benzene rings is 1. The Balaban J connectivity index is 2.38. The summed E-state index contributed by atoms with van der Waals surface area (Å²) in [4.78, 5) is 0. The Labute approximate surface area is 107 Å². The first kappa shape index (κ1) is 12.4. The van der Waals surface area contributed by atoms with Crippen LogP contribution in [0.2, 0.25) is 0 Å². The molecule has 0 amide bonds. The first-order valence-electron chi connectivity index (χ1n) is 6.26. The highest BCUT2D eigenvalue weighted by molar-refractivity contribution is 5.62. The molecule has 1 aromatic heterocycles. The summed E-state index contributed by atoms with van der Waals surface area (Å²) < 4.78 is 5.47. The summed E-state index contributed by atoms with van der Waals surface area (Å²) in [5.41, 5.74) is 3.11. The number of hydrogen-bond acceptors (Lipinski definition) is 3. The van der Waals surface area contributed by atoms with Crippen molar-refractivity contribution in [3.8, 4) is 17.4 Å². The van der Waals surface area contributed by atoms with Gasteiger partial charge in [0.05, 0.1) is 11.8 Å². The molecule has 0 atom stereocenters. The Hall–Kier alpha value is -2.08. The van der Waals surface area contributed by atoms with Crippen LogP contribution in [0.25, 0.3) is 11.3 Å². The SMILES string of the molecule is CCCc1noc(-c2ccccc2)c1CCC#N. The molecular weight excluding hydrogens is 224 g/mol. The number of nitriles is 1. The fourth-order valence-electron chi connectivity index (χ4n) is 2.03. The normalized spacial score (nSPS) is 10.2. The van der Waals surface area contributed by atoms with E-state index >= 15 is 0 Å². The summed E-state index contributed by atoms with van der Waals surface area (Å²) in [5.74, 6) is 0.814. The molecule has 0 unspecified atom stereocenters. The van der Waals surface area contributed by atoms with Crippen molar-refractivity contribution in [2.75, 3.05) is 0 Å². The van der Waals surface area contributed by atoms with Gasteiger partial charge >= 0.3 is 0 Å². The zero-order valence-corrected chi connectivity index (χ0v) is 10.5. The fourth-order valence-corrected chi connectivity index (χ4v) is 2.03. The van der Waals surface area contributed by atoms with Crippen molar-refractivity contribution >= 4 is 0 Å². The van der Waals surface area contributed by atoms with Crippen LogP contribution in [0.3, 0.4) is 0 Å². The van der Waals surface area contributed by atoms with Gasteiger partial charge in [0, 0.05) is 17.5 Å². The molecule has 0 aliphatic rings. The van der Waals surface area contributed by atoms with Crippen LogP contribution >= 0.6 is 0 Å². The maximum atomic E-state index is 8.75. The first-order valence-corrected chi connectivity index (χ1v) is 6.26. The molecule has 0 radical (unpaired) electrons. The third-order valence-electron chi connectivity index (χ3n) is 2.88. The van der Waals surface area contributed by atoms with Gasteiger partial charge < -0.3 is 4.52 Å². The Morgan fingerprint density at radius 1 is 1.22 bits per heavy atom. The van der Waals surface area contributed by atoms with Crippen LogP contribution in [0.5, 0.6) is 0 Å². The molecule has 0 bridgehead atoms. The smallest absolute Gasteiger partial charge is 0.170 e. The van der Waals surface area contributed by atoms with Crippen LogP contribution in [0.15, 0.2) is 34.9 Å². The van der Waals surface area contributed by atoms with Crippen LogP contribution < -0.4 is 0 Å². The minimum Gasteiger partial charge on any atom is -0.356 e. The molecule has 0 aliphatic carbocycles. The third-order valence-corrected chi connectivity index (χ3v) is 2.88. The number of hydrogen-bond donors (Lipinski definition) is 0. The summed E-state index contributed by atoms with van der Waals surface area (Å²) in [5, 5.41) is 12.9. The van der Waals surface area contributed by atoms with Gasteiger partial charge in [0.15, 0.2) is 5.76 Å². The zero-order valence-electron chi connectivity index (χ0n) is 10.5. The van der Waals surface area contributed by atoms with E-state index in [0.717, 1.165) is 35.4 Å². The van der Waals surface area contributed by atoms with Crippen LogP contribution in [0.4, 0.5) is 0 Å². The second-order valence-electron chi connectivity index (χ2n) is 4.21. The van der Waals surface area contributed by atoms with Crippen molar-refractivity contribution in [3.05, 3.63) is 41.6 Å². The molecule has 2 aromatic rings. The van der Waals surface area contributed by atoms with Crippen LogP contribution in [0, 0.1) is 11.3 Å². The molecule has 0 N–H and O–H groups in total. The molecule has 0 aliphatic heterocycles. The summed E-state index contributed by atoms with van der Waals surface area (Å²) in [6.45, 7) is 2.12. The molecule has 3 nitrogen and oxygen atoms in total. The van der Waals surface area contributed by atoms with Crippen molar-refractivity contribution in [1.82, 2.24) is 5.16 Å². The number of aryl methyl sites for hydroxylation is 1. The zero-order chi connectivity index (χ0) is 12.8. The van der Waals surface area contributed by atoms with E-state index < -0.39 is 0 Å². The van der Waals surface area contributed by atoms with E-state index in [0.29, 0.717) is 12.8 Å². The van der Waals surface area contributed by atoms with Gasteiger partial charge in [-0.25, -0.2) is 0 Å². The van der Waals surface area contributed by atoms with E-state index in [1.54, 1.807) is 0 Å². The third kappa shape index (κ3) is 2.60. The molecule has 0 spiro atoms. The van der Waals surface area contributed by atoms with Crippen molar-refractivity contribution in [1.29, 1.82) is 5.26 Å². The lowest BCUT2D eigenvalue weighted by Crippen LogP contribution is -1.93. The van der Waals surface area contributed by atoms with E-state index in [1.165, 1.54) is 0 Å². The van der Waals surface area contributed by atoms with E-state index in [2.05, 4.69) is 18.1 Å². The largest absolute Gasteiger partial charge is 0.356 e. The van der Waals surface area contributed by atoms with Crippen LogP contribution in [-0.2, 0) is 12.8 Å². The second-order valence-corrected chi connectivity index (χ2v) is 4.21. The van der Waals surface area contributed by atoms with Crippen molar-refractivity contribution < 1.29 is 4.52 Å². The maximum absolute atomic E-state index is 8.75. The molecule has 2 rings (SSSR count). The van der Waals surface area contributed by atoms with Crippen LogP contribution in [0.1, 0.15) is 31.0 Å². The predicted octanol–water partition coefficient (Wildman–Crippen LogP) is 3.75. The minimum atomic E-state index is 0.498. The van der Waals surface area contributed by atoms with Crippen molar-refractivity contribution in [2.24, 2.45) is 0 Å². The number of aromatic nitrogens is 1. The fraction of sp³-hybridized carbons (Fsp3) is 0.333. The molecule has 92 valence electrons. The minimum absolute atomic E-state index is 0.498. The molecule has 1 aromatic carbocycles. The van der Waals surface area contributed by atoms with Crippen LogP contribution in [-0.4, -0.2) is 5.16 Å². The Kier molecular flexibility index (Phi) is 4.14. The Morgan fingerprint density at radius 3 is 2.67 bits per heavy atom. The molecule has 1 heterocycles. The van der Waals surface area contributed by atoms with Gasteiger partial charge in [0.1, 0.15) is 0 Å². The number of rotatable bonds is 5. The molecule has 0 saturated carbocycles. The van der Waals surface area contributed by atoms with Gasteiger partial charge in [0.25, 0.3) is 0 Å². The summed E-state index contributed by atoms with van der Waals surface area (Å²) in [6.07, 6.45) is 3.13. The molecule has 0 saturated heterocycles. The van der Waals surface area contributed by atoms with E-state index in [4.69, 9.17) is 9.78 Å². The van der Waals surface area contributed by atoms with Gasteiger partial charge in [-0.2, -0.15) is 5.26 Å². The quantitative estimate of drug-likeness (QED) is 0.799. The van der Waals surface area contributed by atoms with Gasteiger partial charge in [-0.1, -0.05) is 48.8 Å². The monoisotopic (exact) mass is 240 g/mol. The average Bonchev–Trinajstić information content (AvgIpc) is 2.81. The summed E-state index contributed by atoms with van der Waals surface area (Å²) >= 11 is 0. The molecule has 0 fully saturated rings. The van der Waals surface area contributed by atoms with E-state index in [9.17, 15) is 0 Å². The lowest BCUT2D eigenvalue weighted by atomic mass is 10.0. The molecule has 18 heavy (non-hydrogen) atoms. The van der Waals surface area contributed by atoms with Gasteiger partial charge in [-0.05, 0) is 12.8 Å². The summed E-state index contributed by atoms with van der Waals surface area (Å²) in [7, 11) is 0. The standard InChI is InChI=1S/C15H16N2O/c1-2-7-14-13(10-6-11-16)15(18-17-14)12-8-4-3-5-9-12/h3-5,8-9H,2,6-7,10H2,1H3. The number of nitrogens with zero attached hydrogens (tertiary/aromatic N) is 2. The Bertz CT molecular complexity index is 537. The van der Waals surface area contributed by atoms with Gasteiger partial charge in [-0.15, -0.1) is 0 Å². The predicted molar refractivity (Wildman–Crippen MR) is 69.9 cm³/mol. The van der Waals surface area contributed by atoms with E-state index in [1.807, 2.05) is 30.3 Å². The second kappa shape index (κ2) is 6.02. The highest BCUT2D eigenvalue weighted by atomic mass is 16.5. The van der Waals surface area contributed by atoms with Gasteiger partial charge in [0.2, 0.25) is 0 Å². The molecule has 3 heteroatoms. The Morgan fingerprint density at radius 2 is 2.00 bits per heavy atom. The maximum Gasteiger partial charge on any atom is 0.170 e. The van der Waals surface area contributed by atoms with E-state index in [-0.39, 0.29) is 0 Å². The summed E-state index contributed by atoms with van der Waals surface area (Å²) in [6, 6.07) is 12.1. The average molecular weight is 240 g/mol. The van der Waals surface area contributed by atoms with Crippen molar-refractivity contribution in [2.45, 2.75) is 32.6 Å². The highest BCUT2D eigenvalue weighted by Crippen LogP contribution is 2.27. The first-order chi connectivity index (χ1) is 8.86. The van der Waals surface area contributed by atoms with Crippen molar-refractivity contribution in [3.63, 3.8) is 0 Å².